The molecule has 0 aromatic rings. The number of aliphatic hydroxyl groups is 2. The molecule has 2 N–H and O–H groups in total. The Labute approximate surface area is 206 Å². The smallest absolute Gasteiger partial charge is 0.303 e. The van der Waals surface area contributed by atoms with Crippen LogP contribution in [0.3, 0.4) is 0 Å². The highest BCUT2D eigenvalue weighted by atomic mass is 16.7. The van der Waals surface area contributed by atoms with Gasteiger partial charge in [0.25, 0.3) is 0 Å². The van der Waals surface area contributed by atoms with Gasteiger partial charge in [-0.15, -0.1) is 0 Å². The van der Waals surface area contributed by atoms with Crippen LogP contribution in [-0.2, 0) is 28.5 Å². The van der Waals surface area contributed by atoms with Gasteiger partial charge in [-0.25, -0.2) is 0 Å². The topological polar surface area (TPSA) is 107 Å². The standard InChI is InChI=1S/C26H39NO8/c1-6-27-11-22(3)8-7-16(32-5)25-19(22)20(35-13(2)28)26(21(25)27)24(33-12-34-26)10-15(31-4)14-9-23(25,30)18(24)17(14)29/h14-21,29-30H,6-12H2,1-5H3/t14-,15-,16?,17?,18-,19+,20-,21+,22-,23-,24+,25?,26-/m0/s1. The van der Waals surface area contributed by atoms with Crippen molar-refractivity contribution in [3.05, 3.63) is 0 Å². The minimum absolute atomic E-state index is 0.0311. The van der Waals surface area contributed by atoms with Crippen molar-refractivity contribution in [3.8, 4) is 0 Å². The highest BCUT2D eigenvalue weighted by Gasteiger charge is 2.97. The molecule has 35 heavy (non-hydrogen) atoms. The molecule has 5 aliphatic carbocycles. The van der Waals surface area contributed by atoms with Gasteiger partial charge in [0.2, 0.25) is 0 Å². The number of hydrogen-bond donors (Lipinski definition) is 2. The fourth-order valence-electron chi connectivity index (χ4n) is 11.5. The van der Waals surface area contributed by atoms with Gasteiger partial charge in [-0.3, -0.25) is 9.69 Å². The molecule has 2 aliphatic heterocycles. The first-order valence-electron chi connectivity index (χ1n) is 13.3. The molecule has 7 fully saturated rings. The van der Waals surface area contributed by atoms with Crippen LogP contribution in [0.15, 0.2) is 0 Å². The lowest BCUT2D eigenvalue weighted by Crippen LogP contribution is -2.85. The summed E-state index contributed by atoms with van der Waals surface area (Å²) in [5.41, 5.74) is -4.39. The van der Waals surface area contributed by atoms with Crippen molar-refractivity contribution < 1.29 is 38.7 Å². The number of aliphatic hydroxyl groups excluding tert-OH is 1. The average Bonchev–Trinajstić information content (AvgIpc) is 3.34. The molecule has 7 bridgehead atoms. The molecule has 9 heteroatoms. The third-order valence-corrected chi connectivity index (χ3v) is 11.9. The van der Waals surface area contributed by atoms with E-state index in [4.69, 9.17) is 23.7 Å². The van der Waals surface area contributed by atoms with Gasteiger partial charge in [0.15, 0.2) is 5.60 Å². The van der Waals surface area contributed by atoms with Crippen LogP contribution in [0.25, 0.3) is 0 Å². The molecule has 7 rings (SSSR count). The Kier molecular flexibility index (Phi) is 4.52. The molecule has 3 unspecified atom stereocenters. The molecular weight excluding hydrogens is 454 g/mol. The fourth-order valence-corrected chi connectivity index (χ4v) is 11.5. The Balaban J connectivity index is 1.61. The van der Waals surface area contributed by atoms with E-state index in [1.807, 2.05) is 0 Å². The predicted molar refractivity (Wildman–Crippen MR) is 121 cm³/mol. The van der Waals surface area contributed by atoms with Crippen LogP contribution < -0.4 is 0 Å². The van der Waals surface area contributed by atoms with E-state index in [1.165, 1.54) is 6.92 Å². The number of nitrogens with zero attached hydrogens (tertiary/aromatic N) is 1. The largest absolute Gasteiger partial charge is 0.459 e. The Bertz CT molecular complexity index is 964. The lowest BCUT2D eigenvalue weighted by atomic mass is 9.41. The first-order valence-corrected chi connectivity index (χ1v) is 13.3. The number of likely N-dealkylation sites (tertiary alicyclic amines) is 1. The summed E-state index contributed by atoms with van der Waals surface area (Å²) in [7, 11) is 3.39. The van der Waals surface area contributed by atoms with E-state index in [2.05, 4.69) is 18.7 Å². The molecule has 2 heterocycles. The molecule has 0 aromatic heterocycles. The summed E-state index contributed by atoms with van der Waals surface area (Å²) in [4.78, 5) is 15.1. The van der Waals surface area contributed by atoms with Crippen molar-refractivity contribution in [2.45, 2.75) is 93.7 Å². The summed E-state index contributed by atoms with van der Waals surface area (Å²) in [5, 5.41) is 25.0. The lowest BCUT2D eigenvalue weighted by molar-refractivity contribution is -0.331. The van der Waals surface area contributed by atoms with Crippen LogP contribution in [0.5, 0.6) is 0 Å². The Hall–Kier alpha value is -0.810. The van der Waals surface area contributed by atoms with E-state index in [9.17, 15) is 15.0 Å². The number of carbonyl (C=O) groups excluding carboxylic acids is 1. The summed E-state index contributed by atoms with van der Waals surface area (Å²) in [6, 6.07) is -0.280. The number of carbonyl (C=O) groups is 1. The van der Waals surface area contributed by atoms with Crippen molar-refractivity contribution in [1.82, 2.24) is 4.90 Å². The van der Waals surface area contributed by atoms with Crippen LogP contribution in [0, 0.1) is 28.6 Å². The molecule has 0 radical (unpaired) electrons. The second kappa shape index (κ2) is 6.79. The SMILES string of the molecule is CCN1C[C@]2(C)CCC(OC)C34[C@@H]1[C@@]1(OCO[C@@]15C[C@H](OC)[C@@H]1C[C@]3(O)[C@@H]5C1O)[C@@H](OC(C)=O)[C@@H]42. The van der Waals surface area contributed by atoms with Crippen molar-refractivity contribution in [1.29, 1.82) is 0 Å². The number of ether oxygens (including phenoxy) is 5. The zero-order valence-electron chi connectivity index (χ0n) is 21.4. The third-order valence-electron chi connectivity index (χ3n) is 11.9. The van der Waals surface area contributed by atoms with Gasteiger partial charge >= 0.3 is 5.97 Å². The summed E-state index contributed by atoms with van der Waals surface area (Å²) in [6.45, 7) is 7.50. The summed E-state index contributed by atoms with van der Waals surface area (Å²) >= 11 is 0. The highest BCUT2D eigenvalue weighted by molar-refractivity contribution is 5.67. The maximum absolute atomic E-state index is 13.2. The molecule has 0 amide bonds. The van der Waals surface area contributed by atoms with Gasteiger partial charge in [-0.1, -0.05) is 13.8 Å². The van der Waals surface area contributed by atoms with Gasteiger partial charge < -0.3 is 33.9 Å². The second-order valence-corrected chi connectivity index (χ2v) is 12.7. The van der Waals surface area contributed by atoms with Gasteiger partial charge in [0, 0.05) is 51.9 Å². The van der Waals surface area contributed by atoms with E-state index in [1.54, 1.807) is 14.2 Å². The van der Waals surface area contributed by atoms with Crippen LogP contribution >= 0.6 is 0 Å². The molecule has 5 saturated carbocycles. The Morgan fingerprint density at radius 1 is 1.17 bits per heavy atom. The van der Waals surface area contributed by atoms with Crippen LogP contribution in [0.4, 0.5) is 0 Å². The maximum Gasteiger partial charge on any atom is 0.303 e. The maximum atomic E-state index is 13.2. The molecule has 13 atom stereocenters. The molecule has 9 nitrogen and oxygen atoms in total. The third kappa shape index (κ3) is 2.09. The van der Waals surface area contributed by atoms with Gasteiger partial charge in [-0.05, 0) is 31.2 Å². The van der Waals surface area contributed by atoms with Gasteiger partial charge in [0.05, 0.1) is 35.4 Å². The zero-order chi connectivity index (χ0) is 24.8. The number of likely N-dealkylation sites (N-methyl/N-ethyl adjacent to an activating group) is 1. The molecule has 3 spiro atoms. The number of esters is 1. The minimum atomic E-state index is -1.29. The minimum Gasteiger partial charge on any atom is -0.459 e. The highest BCUT2D eigenvalue weighted by Crippen LogP contribution is 2.83. The Morgan fingerprint density at radius 3 is 2.60 bits per heavy atom. The summed E-state index contributed by atoms with van der Waals surface area (Å²) in [5.74, 6) is -1.33. The van der Waals surface area contributed by atoms with E-state index in [0.717, 1.165) is 25.9 Å². The number of fused-ring (bicyclic) bond motifs is 1. The molecule has 2 saturated heterocycles. The predicted octanol–water partition coefficient (Wildman–Crippen LogP) is 0.696. The van der Waals surface area contributed by atoms with Crippen LogP contribution in [0.2, 0.25) is 0 Å². The second-order valence-electron chi connectivity index (χ2n) is 12.7. The van der Waals surface area contributed by atoms with Crippen molar-refractivity contribution in [3.63, 3.8) is 0 Å². The first-order chi connectivity index (χ1) is 16.6. The van der Waals surface area contributed by atoms with Crippen LogP contribution in [0.1, 0.15) is 46.5 Å². The van der Waals surface area contributed by atoms with E-state index < -0.39 is 40.3 Å². The first kappa shape index (κ1) is 23.3. The van der Waals surface area contributed by atoms with Crippen molar-refractivity contribution >= 4 is 5.97 Å². The lowest BCUT2D eigenvalue weighted by Gasteiger charge is -2.71. The van der Waals surface area contributed by atoms with Gasteiger partial charge in [-0.2, -0.15) is 0 Å². The van der Waals surface area contributed by atoms with Gasteiger partial charge in [0.1, 0.15) is 18.5 Å². The van der Waals surface area contributed by atoms with E-state index >= 15 is 0 Å². The van der Waals surface area contributed by atoms with Crippen molar-refractivity contribution in [2.75, 3.05) is 34.1 Å². The number of piperidine rings is 1. The number of rotatable bonds is 4. The van der Waals surface area contributed by atoms with Crippen molar-refractivity contribution in [2.24, 2.45) is 28.6 Å². The molecule has 196 valence electrons. The fraction of sp³-hybridized carbons (Fsp3) is 0.962. The van der Waals surface area contributed by atoms with Crippen LogP contribution in [-0.4, -0.2) is 102 Å². The van der Waals surface area contributed by atoms with E-state index in [0.29, 0.717) is 12.8 Å². The molecule has 7 aliphatic rings. The quantitative estimate of drug-likeness (QED) is 0.547. The molecule has 0 aromatic carbocycles. The monoisotopic (exact) mass is 493 g/mol. The Morgan fingerprint density at radius 2 is 1.94 bits per heavy atom. The number of hydrogen-bond acceptors (Lipinski definition) is 9. The van der Waals surface area contributed by atoms with E-state index in [-0.39, 0.29) is 48.3 Å². The average molecular weight is 494 g/mol. The molecular formula is C26H39NO8. The normalized spacial score (nSPS) is 61.6. The summed E-state index contributed by atoms with van der Waals surface area (Å²) < 4.78 is 31.9. The summed E-state index contributed by atoms with van der Waals surface area (Å²) in [6.07, 6.45) is 0.601. The number of methoxy groups -OCH3 is 2. The zero-order valence-corrected chi connectivity index (χ0v) is 21.4.